The number of carbonyl (C=O) groups is 7. The molecule has 0 aromatic carbocycles. The summed E-state index contributed by atoms with van der Waals surface area (Å²) in [4.78, 5) is 99.0. The smallest absolute Gasteiger partial charge is 0.326 e. The molecule has 0 saturated carbocycles. The summed E-state index contributed by atoms with van der Waals surface area (Å²) in [6, 6.07) is -8.92. The number of aromatic nitrogens is 2. The van der Waals surface area contributed by atoms with Gasteiger partial charge in [0.1, 0.15) is 30.2 Å². The number of carbonyl (C=O) groups excluding carboxylic acids is 6. The Hall–Kier alpha value is -5.35. The van der Waals surface area contributed by atoms with E-state index in [2.05, 4.69) is 41.5 Å². The second-order valence-corrected chi connectivity index (χ2v) is 11.8. The highest BCUT2D eigenvalue weighted by molar-refractivity contribution is 5.97. The van der Waals surface area contributed by atoms with Gasteiger partial charge in [0.25, 0.3) is 0 Å². The third-order valence-electron chi connectivity index (χ3n) is 7.60. The van der Waals surface area contributed by atoms with Crippen LogP contribution in [-0.2, 0) is 40.0 Å². The second-order valence-electron chi connectivity index (χ2n) is 11.8. The number of H-pyrrole nitrogens is 1. The van der Waals surface area contributed by atoms with Gasteiger partial charge in [0.05, 0.1) is 31.5 Å². The van der Waals surface area contributed by atoms with Gasteiger partial charge in [0, 0.05) is 24.9 Å². The number of guanidine groups is 1. The van der Waals surface area contributed by atoms with Crippen molar-refractivity contribution in [3.63, 3.8) is 0 Å². The molecule has 0 bridgehead atoms. The summed E-state index contributed by atoms with van der Waals surface area (Å²) in [5, 5.41) is 41.6. The molecule has 0 aliphatic carbocycles. The van der Waals surface area contributed by atoms with Crippen LogP contribution in [0.1, 0.15) is 52.1 Å². The fourth-order valence-electron chi connectivity index (χ4n) is 4.51. The third-order valence-corrected chi connectivity index (χ3v) is 7.60. The van der Waals surface area contributed by atoms with E-state index >= 15 is 0 Å². The molecule has 0 saturated heterocycles. The Labute approximate surface area is 293 Å². The monoisotopic (exact) mass is 726 g/mol. The fourth-order valence-corrected chi connectivity index (χ4v) is 4.51. The molecular formula is C29H50N12O10. The molecule has 22 nitrogen and oxygen atoms in total. The fraction of sp³-hybridized carbons (Fsp3) is 0.621. The number of aliphatic carboxylic acids is 1. The Morgan fingerprint density at radius 3 is 1.94 bits per heavy atom. The van der Waals surface area contributed by atoms with Gasteiger partial charge in [-0.05, 0) is 25.7 Å². The average Bonchev–Trinajstić information content (AvgIpc) is 3.57. The van der Waals surface area contributed by atoms with E-state index in [0.717, 1.165) is 6.92 Å². The Kier molecular flexibility index (Phi) is 18.6. The molecule has 17 N–H and O–H groups in total. The van der Waals surface area contributed by atoms with E-state index in [1.54, 1.807) is 13.8 Å². The van der Waals surface area contributed by atoms with Gasteiger partial charge < -0.3 is 69.8 Å². The molecule has 22 heteroatoms. The van der Waals surface area contributed by atoms with Gasteiger partial charge in [0.15, 0.2) is 5.96 Å². The summed E-state index contributed by atoms with van der Waals surface area (Å²) >= 11 is 0. The van der Waals surface area contributed by atoms with E-state index in [1.807, 2.05) is 0 Å². The van der Waals surface area contributed by atoms with Crippen molar-refractivity contribution in [2.45, 2.75) is 95.2 Å². The number of aliphatic imine (C=N–C) groups is 1. The number of aliphatic hydroxyl groups is 2. The van der Waals surface area contributed by atoms with Crippen molar-refractivity contribution in [1.82, 2.24) is 36.6 Å². The number of aromatic amines is 1. The Morgan fingerprint density at radius 2 is 1.43 bits per heavy atom. The molecule has 1 aromatic rings. The molecule has 51 heavy (non-hydrogen) atoms. The molecule has 0 spiro atoms. The van der Waals surface area contributed by atoms with Crippen molar-refractivity contribution < 1.29 is 48.9 Å². The molecule has 0 aliphatic heterocycles. The Morgan fingerprint density at radius 1 is 0.863 bits per heavy atom. The van der Waals surface area contributed by atoms with Gasteiger partial charge in [-0.15, -0.1) is 0 Å². The van der Waals surface area contributed by atoms with Gasteiger partial charge in [0.2, 0.25) is 35.4 Å². The van der Waals surface area contributed by atoms with E-state index in [1.165, 1.54) is 12.5 Å². The van der Waals surface area contributed by atoms with Gasteiger partial charge in [-0.1, -0.05) is 20.3 Å². The lowest BCUT2D eigenvalue weighted by Crippen LogP contribution is -2.62. The number of primary amides is 1. The lowest BCUT2D eigenvalue weighted by molar-refractivity contribution is -0.144. The first-order valence-corrected chi connectivity index (χ1v) is 16.0. The molecule has 8 atom stereocenters. The number of carboxylic acids is 1. The number of nitrogens with zero attached hydrogens (tertiary/aromatic N) is 2. The highest BCUT2D eigenvalue weighted by Gasteiger charge is 2.35. The summed E-state index contributed by atoms with van der Waals surface area (Å²) in [5.41, 5.74) is 21.8. The lowest BCUT2D eigenvalue weighted by atomic mass is 9.98. The second kappa shape index (κ2) is 21.7. The Bertz CT molecular complexity index is 1370. The standard InChI is InChI=1S/C29H50N12O10/c1-4-13(2)21(28(50)51)40-25(47)18(8-15-10-34-12-36-15)38-27(49)22(14(3)43)41-26(48)19(11-42)39-24(46)17(6-5-7-35-29(32)33)37-23(45)16(30)9-20(31)44/h10,12-14,16-19,21-22,42-43H,4-9,11,30H2,1-3H3,(H2,31,44)(H,34,36)(H,37,45)(H,38,49)(H,39,46)(H,40,47)(H,41,48)(H,50,51)(H4,32,33,35)/t13-,14+,16-,17-,18-,19-,21-,22-/m0/s1. The van der Waals surface area contributed by atoms with Crippen molar-refractivity contribution in [2.24, 2.45) is 33.8 Å². The van der Waals surface area contributed by atoms with Gasteiger partial charge in [-0.2, -0.15) is 0 Å². The number of nitrogens with two attached hydrogens (primary N) is 4. The van der Waals surface area contributed by atoms with E-state index in [0.29, 0.717) is 12.1 Å². The minimum absolute atomic E-state index is 0.0540. The Balaban J connectivity index is 3.17. The minimum Gasteiger partial charge on any atom is -0.480 e. The van der Waals surface area contributed by atoms with Crippen LogP contribution in [0.3, 0.4) is 0 Å². The summed E-state index contributed by atoms with van der Waals surface area (Å²) < 4.78 is 0. The van der Waals surface area contributed by atoms with Crippen LogP contribution in [0.2, 0.25) is 0 Å². The third kappa shape index (κ3) is 15.4. The maximum Gasteiger partial charge on any atom is 0.326 e. The van der Waals surface area contributed by atoms with E-state index < -0.39 is 103 Å². The lowest BCUT2D eigenvalue weighted by Gasteiger charge is -2.28. The van der Waals surface area contributed by atoms with Crippen LogP contribution in [-0.4, -0.2) is 128 Å². The maximum absolute atomic E-state index is 13.4. The first kappa shape index (κ1) is 43.7. The maximum atomic E-state index is 13.4. The first-order chi connectivity index (χ1) is 23.9. The van der Waals surface area contributed by atoms with Crippen molar-refractivity contribution in [2.75, 3.05) is 13.2 Å². The zero-order valence-electron chi connectivity index (χ0n) is 28.6. The van der Waals surface area contributed by atoms with Crippen molar-refractivity contribution in [1.29, 1.82) is 0 Å². The zero-order chi connectivity index (χ0) is 38.8. The predicted octanol–water partition coefficient (Wildman–Crippen LogP) is -5.86. The van der Waals surface area contributed by atoms with Crippen molar-refractivity contribution in [3.8, 4) is 0 Å². The van der Waals surface area contributed by atoms with Gasteiger partial charge >= 0.3 is 5.97 Å². The van der Waals surface area contributed by atoms with Crippen LogP contribution in [0.4, 0.5) is 0 Å². The SMILES string of the molecule is CC[C@H](C)[C@H](NC(=O)[C@H](Cc1cnc[nH]1)NC(=O)[C@@H](NC(=O)[C@H](CO)NC(=O)[C@H](CCCN=C(N)N)NC(=O)[C@@H](N)CC(N)=O)[C@@H](C)O)C(=O)O. The number of imidazole rings is 1. The summed E-state index contributed by atoms with van der Waals surface area (Å²) in [6.07, 6.45) is 0.890. The van der Waals surface area contributed by atoms with Crippen LogP contribution in [0.5, 0.6) is 0 Å². The zero-order valence-corrected chi connectivity index (χ0v) is 28.6. The number of hydrogen-bond donors (Lipinski definition) is 13. The summed E-state index contributed by atoms with van der Waals surface area (Å²) in [5.74, 6) is -7.82. The molecule has 1 rings (SSSR count). The van der Waals surface area contributed by atoms with Crippen LogP contribution in [0, 0.1) is 5.92 Å². The molecule has 0 radical (unpaired) electrons. The van der Waals surface area contributed by atoms with E-state index in [9.17, 15) is 48.9 Å². The van der Waals surface area contributed by atoms with Crippen LogP contribution < -0.4 is 49.5 Å². The molecule has 1 aromatic heterocycles. The summed E-state index contributed by atoms with van der Waals surface area (Å²) in [7, 11) is 0. The molecule has 6 amide bonds. The normalized spacial score (nSPS) is 15.6. The first-order valence-electron chi connectivity index (χ1n) is 16.0. The number of rotatable bonds is 23. The quantitative estimate of drug-likeness (QED) is 0.0284. The van der Waals surface area contributed by atoms with Gasteiger partial charge in [-0.25, -0.2) is 9.78 Å². The van der Waals surface area contributed by atoms with E-state index in [-0.39, 0.29) is 31.8 Å². The number of hydrogen-bond acceptors (Lipinski definition) is 12. The average molecular weight is 727 g/mol. The molecule has 1 heterocycles. The van der Waals surface area contributed by atoms with Crippen LogP contribution >= 0.6 is 0 Å². The van der Waals surface area contributed by atoms with Crippen molar-refractivity contribution in [3.05, 3.63) is 18.2 Å². The molecular weight excluding hydrogens is 676 g/mol. The number of nitrogens with one attached hydrogen (secondary N) is 6. The number of carboxylic acid groups (broad SMARTS) is 1. The predicted molar refractivity (Wildman–Crippen MR) is 180 cm³/mol. The van der Waals surface area contributed by atoms with Crippen molar-refractivity contribution >= 4 is 47.4 Å². The molecule has 0 fully saturated rings. The largest absolute Gasteiger partial charge is 0.480 e. The molecule has 286 valence electrons. The van der Waals surface area contributed by atoms with Gasteiger partial charge in [-0.3, -0.25) is 33.8 Å². The summed E-state index contributed by atoms with van der Waals surface area (Å²) in [6.45, 7) is 3.57. The minimum atomic E-state index is -1.74. The number of aliphatic hydroxyl groups excluding tert-OH is 2. The molecule has 0 aliphatic rings. The topological polar surface area (TPSA) is 385 Å². The van der Waals surface area contributed by atoms with E-state index in [4.69, 9.17) is 22.9 Å². The van der Waals surface area contributed by atoms with Crippen LogP contribution in [0.25, 0.3) is 0 Å². The highest BCUT2D eigenvalue weighted by atomic mass is 16.4. The number of amides is 6. The highest BCUT2D eigenvalue weighted by Crippen LogP contribution is 2.10. The van der Waals surface area contributed by atoms with Crippen LogP contribution in [0.15, 0.2) is 17.5 Å². The molecule has 0 unspecified atom stereocenters.